The second-order valence-electron chi connectivity index (χ2n) is 6.43. The summed E-state index contributed by atoms with van der Waals surface area (Å²) in [5, 5.41) is 2.27. The lowest BCUT2D eigenvalue weighted by Crippen LogP contribution is -2.31. The molecule has 0 unspecified atom stereocenters. The molecule has 0 atom stereocenters. The van der Waals surface area contributed by atoms with E-state index in [-0.39, 0.29) is 18.0 Å². The molecule has 0 aromatic heterocycles. The van der Waals surface area contributed by atoms with Crippen molar-refractivity contribution in [3.63, 3.8) is 0 Å². The van der Waals surface area contributed by atoms with Crippen LogP contribution in [0.25, 0.3) is 0 Å². The molecule has 0 spiro atoms. The van der Waals surface area contributed by atoms with E-state index < -0.39 is 24.4 Å². The van der Waals surface area contributed by atoms with Crippen molar-refractivity contribution in [3.05, 3.63) is 53.6 Å². The molecule has 0 bridgehead atoms. The van der Waals surface area contributed by atoms with Crippen LogP contribution in [0.15, 0.2) is 42.5 Å². The summed E-state index contributed by atoms with van der Waals surface area (Å²) in [7, 11) is 4.62. The molecule has 2 amide bonds. The quantitative estimate of drug-likeness (QED) is 0.670. The molecule has 0 saturated heterocycles. The number of halogens is 5. The number of hydrogen-bond acceptors (Lipinski definition) is 3. The van der Waals surface area contributed by atoms with Gasteiger partial charge in [0, 0.05) is 33.4 Å². The number of nitrogens with zero attached hydrogens (tertiary/aromatic N) is 2. The number of hydrogen-bond donors (Lipinski definition) is 1. The first-order valence-corrected chi connectivity index (χ1v) is 8.42. The molecular weight excluding hydrogens is 397 g/mol. The van der Waals surface area contributed by atoms with E-state index in [1.54, 1.807) is 14.1 Å². The van der Waals surface area contributed by atoms with Crippen molar-refractivity contribution in [1.82, 2.24) is 4.90 Å². The third-order valence-corrected chi connectivity index (χ3v) is 3.98. The first kappa shape index (κ1) is 22.3. The number of anilines is 2. The first-order chi connectivity index (χ1) is 13.5. The summed E-state index contributed by atoms with van der Waals surface area (Å²) in [5.41, 5.74) is -0.391. The molecule has 158 valence electrons. The maximum absolute atomic E-state index is 13.4. The van der Waals surface area contributed by atoms with E-state index >= 15 is 0 Å². The third kappa shape index (κ3) is 6.23. The van der Waals surface area contributed by atoms with Gasteiger partial charge in [-0.15, -0.1) is 0 Å². The number of rotatable bonds is 6. The van der Waals surface area contributed by atoms with E-state index in [2.05, 4.69) is 10.1 Å². The molecule has 0 aliphatic heterocycles. The van der Waals surface area contributed by atoms with Crippen molar-refractivity contribution in [2.75, 3.05) is 31.4 Å². The average molecular weight is 417 g/mol. The lowest BCUT2D eigenvalue weighted by molar-refractivity contribution is -0.136. The molecule has 0 aliphatic carbocycles. The zero-order valence-electron chi connectivity index (χ0n) is 15.9. The summed E-state index contributed by atoms with van der Waals surface area (Å²) in [5.74, 6) is -0.0355. The van der Waals surface area contributed by atoms with E-state index in [4.69, 9.17) is 0 Å². The monoisotopic (exact) mass is 417 g/mol. The van der Waals surface area contributed by atoms with Crippen LogP contribution < -0.4 is 15.0 Å². The summed E-state index contributed by atoms with van der Waals surface area (Å²) in [4.78, 5) is 15.0. The molecular formula is C19H20F5N3O2. The lowest BCUT2D eigenvalue weighted by atomic mass is 10.1. The summed E-state index contributed by atoms with van der Waals surface area (Å²) < 4.78 is 68.7. The summed E-state index contributed by atoms with van der Waals surface area (Å²) in [6.07, 6.45) is -4.65. The molecule has 0 saturated carbocycles. The largest absolute Gasteiger partial charge is 0.435 e. The van der Waals surface area contributed by atoms with Gasteiger partial charge in [0.2, 0.25) is 0 Å². The molecule has 1 N–H and O–H groups in total. The van der Waals surface area contributed by atoms with Crippen LogP contribution in [0.5, 0.6) is 5.75 Å². The van der Waals surface area contributed by atoms with Gasteiger partial charge in [-0.3, -0.25) is 0 Å². The maximum Gasteiger partial charge on any atom is 0.418 e. The number of carbonyl (C=O) groups excluding carboxylic acids is 1. The van der Waals surface area contributed by atoms with Gasteiger partial charge in [-0.1, -0.05) is 12.1 Å². The van der Waals surface area contributed by atoms with Gasteiger partial charge in [0.1, 0.15) is 5.75 Å². The predicted octanol–water partition coefficient (Wildman–Crippen LogP) is 5.04. The highest BCUT2D eigenvalue weighted by Crippen LogP contribution is 2.37. The van der Waals surface area contributed by atoms with Gasteiger partial charge in [-0.2, -0.15) is 22.0 Å². The molecule has 10 heteroatoms. The number of ether oxygens (including phenoxy) is 1. The van der Waals surface area contributed by atoms with Crippen LogP contribution in [-0.2, 0) is 12.7 Å². The Morgan fingerprint density at radius 2 is 1.69 bits per heavy atom. The predicted molar refractivity (Wildman–Crippen MR) is 99.3 cm³/mol. The normalized spacial score (nSPS) is 11.3. The molecule has 0 fully saturated rings. The second kappa shape index (κ2) is 8.97. The van der Waals surface area contributed by atoms with E-state index in [9.17, 15) is 26.7 Å². The van der Waals surface area contributed by atoms with E-state index in [0.29, 0.717) is 11.3 Å². The summed E-state index contributed by atoms with van der Waals surface area (Å²) in [6.45, 7) is -2.89. The van der Waals surface area contributed by atoms with Gasteiger partial charge in [0.05, 0.1) is 11.3 Å². The van der Waals surface area contributed by atoms with Crippen molar-refractivity contribution in [1.29, 1.82) is 0 Å². The highest BCUT2D eigenvalue weighted by atomic mass is 19.4. The Bertz CT molecular complexity index is 839. The minimum atomic E-state index is -4.65. The van der Waals surface area contributed by atoms with Crippen molar-refractivity contribution in [3.8, 4) is 5.75 Å². The smallest absolute Gasteiger partial charge is 0.418 e. The number of urea groups is 1. The molecule has 2 rings (SSSR count). The molecule has 2 aromatic carbocycles. The van der Waals surface area contributed by atoms with Gasteiger partial charge in [0.15, 0.2) is 0 Å². The Balaban J connectivity index is 2.11. The van der Waals surface area contributed by atoms with Gasteiger partial charge in [-0.05, 0) is 35.9 Å². The molecule has 29 heavy (non-hydrogen) atoms. The molecule has 5 nitrogen and oxygen atoms in total. The molecule has 0 radical (unpaired) electrons. The van der Waals surface area contributed by atoms with Crippen LogP contribution in [0.1, 0.15) is 11.1 Å². The van der Waals surface area contributed by atoms with Gasteiger partial charge in [0.25, 0.3) is 0 Å². The Kier molecular flexibility index (Phi) is 6.89. The molecule has 0 aliphatic rings. The Hall–Kier alpha value is -3.04. The van der Waals surface area contributed by atoms with Crippen molar-refractivity contribution < 1.29 is 31.5 Å². The maximum atomic E-state index is 13.4. The van der Waals surface area contributed by atoms with E-state index in [1.807, 2.05) is 0 Å². The number of carbonyl (C=O) groups is 1. The van der Waals surface area contributed by atoms with Crippen LogP contribution in [-0.4, -0.2) is 38.7 Å². The highest BCUT2D eigenvalue weighted by Gasteiger charge is 2.34. The average Bonchev–Trinajstić information content (AvgIpc) is 2.62. The minimum Gasteiger partial charge on any atom is -0.435 e. The number of nitrogens with one attached hydrogen (secondary N) is 1. The fourth-order valence-electron chi connectivity index (χ4n) is 2.49. The number of alkyl halides is 5. The zero-order chi connectivity index (χ0) is 21.8. The second-order valence-corrected chi connectivity index (χ2v) is 6.43. The minimum absolute atomic E-state index is 0.0355. The van der Waals surface area contributed by atoms with Crippen LogP contribution in [0, 0.1) is 0 Å². The van der Waals surface area contributed by atoms with E-state index in [1.165, 1.54) is 53.2 Å². The third-order valence-electron chi connectivity index (χ3n) is 3.98. The Morgan fingerprint density at radius 3 is 2.21 bits per heavy atom. The molecule has 2 aromatic rings. The SMILES string of the molecule is CN(Cc1ccc(OC(F)F)cc1)C(=O)Nc1ccc(N(C)C)cc1C(F)(F)F. The van der Waals surface area contributed by atoms with Crippen LogP contribution in [0.2, 0.25) is 0 Å². The fraction of sp³-hybridized carbons (Fsp3) is 0.316. The standard InChI is InChI=1S/C19H20F5N3O2/c1-26(2)13-6-9-16(15(10-13)19(22,23)24)25-18(28)27(3)11-12-4-7-14(8-5-12)29-17(20)21/h4-10,17H,11H2,1-3H3,(H,25,28). The van der Waals surface area contributed by atoms with Crippen LogP contribution in [0.4, 0.5) is 38.1 Å². The lowest BCUT2D eigenvalue weighted by Gasteiger charge is -2.22. The first-order valence-electron chi connectivity index (χ1n) is 8.42. The van der Waals surface area contributed by atoms with Crippen molar-refractivity contribution >= 4 is 17.4 Å². The van der Waals surface area contributed by atoms with Gasteiger partial charge in [-0.25, -0.2) is 4.79 Å². The molecule has 0 heterocycles. The van der Waals surface area contributed by atoms with E-state index in [0.717, 1.165) is 6.07 Å². The fourth-order valence-corrected chi connectivity index (χ4v) is 2.49. The highest BCUT2D eigenvalue weighted by molar-refractivity contribution is 5.90. The summed E-state index contributed by atoms with van der Waals surface area (Å²) in [6, 6.07) is 8.46. The van der Waals surface area contributed by atoms with Crippen LogP contribution in [0.3, 0.4) is 0 Å². The Morgan fingerprint density at radius 1 is 1.07 bits per heavy atom. The van der Waals surface area contributed by atoms with Crippen LogP contribution >= 0.6 is 0 Å². The van der Waals surface area contributed by atoms with Crippen molar-refractivity contribution in [2.45, 2.75) is 19.3 Å². The number of amides is 2. The topological polar surface area (TPSA) is 44.8 Å². The van der Waals surface area contributed by atoms with Gasteiger partial charge >= 0.3 is 18.8 Å². The number of benzene rings is 2. The summed E-state index contributed by atoms with van der Waals surface area (Å²) >= 11 is 0. The van der Waals surface area contributed by atoms with Gasteiger partial charge < -0.3 is 19.9 Å². The Labute approximate surface area is 164 Å². The zero-order valence-corrected chi connectivity index (χ0v) is 15.9. The van der Waals surface area contributed by atoms with Crippen molar-refractivity contribution in [2.24, 2.45) is 0 Å².